The quantitative estimate of drug-likeness (QED) is 0.0421. The van der Waals surface area contributed by atoms with Crippen LogP contribution in [0.15, 0.2) is 364 Å². The third-order valence-corrected chi connectivity index (χ3v) is 21.8. The Labute approximate surface area is 669 Å². The highest BCUT2D eigenvalue weighted by molar-refractivity contribution is 6.34. The Morgan fingerprint density at radius 3 is 0.464 bits per heavy atom. The van der Waals surface area contributed by atoms with Crippen molar-refractivity contribution in [1.82, 2.24) is 0 Å². The molecule has 548 valence electrons. The van der Waals surface area contributed by atoms with Crippen LogP contribution in [0.5, 0.6) is 46.0 Å². The summed E-state index contributed by atoms with van der Waals surface area (Å²) in [6, 6.07) is 115. The fraction of sp³-hybridized carbons (Fsp3) is 0.0400. The van der Waals surface area contributed by atoms with E-state index in [4.69, 9.17) is 46.4 Å². The SMILES string of the molecule is Oc1c(Cl)cc(C(c2cc(Cl)c(O)c(-c3ccccc3)c2)C(c2cc(Cl)c(O)c(-c3ccccc3)c2)c2cc(Cl)c(O)c(-c3ccccc3)c2)cc1-c1ccccc1.Oc1ccc(C(c2ccc(O)c(-c3ccccc3)c2)C(c2ccc(O)c(-c3ccccc3)c2)c2ccc(O)c(-c3ccccc3)c2)cc1-c1ccccc1. The average molecular weight is 1540 g/mol. The number of hydrogen-bond acceptors (Lipinski definition) is 8. The number of rotatable bonds is 18. The zero-order valence-corrected chi connectivity index (χ0v) is 63.1. The third-order valence-electron chi connectivity index (χ3n) is 20.6. The van der Waals surface area contributed by atoms with Gasteiger partial charge in [0.1, 0.15) is 46.0 Å². The predicted octanol–water partition coefficient (Wildman–Crippen LogP) is 26.9. The highest BCUT2D eigenvalue weighted by atomic mass is 35.5. The molecule has 0 heterocycles. The summed E-state index contributed by atoms with van der Waals surface area (Å²) in [6.45, 7) is 0. The van der Waals surface area contributed by atoms with Crippen molar-refractivity contribution in [2.75, 3.05) is 0 Å². The summed E-state index contributed by atoms with van der Waals surface area (Å²) < 4.78 is 0. The molecule has 16 aromatic carbocycles. The molecule has 0 amide bonds. The van der Waals surface area contributed by atoms with Crippen LogP contribution < -0.4 is 0 Å². The highest BCUT2D eigenvalue weighted by Gasteiger charge is 2.35. The van der Waals surface area contributed by atoms with E-state index in [2.05, 4.69) is 24.3 Å². The van der Waals surface area contributed by atoms with Gasteiger partial charge in [0.05, 0.1) is 20.1 Å². The van der Waals surface area contributed by atoms with Crippen molar-refractivity contribution in [2.45, 2.75) is 23.7 Å². The number of aromatic hydroxyl groups is 8. The van der Waals surface area contributed by atoms with Gasteiger partial charge in [-0.2, -0.15) is 0 Å². The summed E-state index contributed by atoms with van der Waals surface area (Å²) in [7, 11) is 0. The first-order chi connectivity index (χ1) is 54.5. The maximum atomic E-state index is 11.5. The minimum absolute atomic E-state index is 0.0845. The van der Waals surface area contributed by atoms with Gasteiger partial charge in [-0.05, 0) is 186 Å². The molecule has 16 aromatic rings. The Hall–Kier alpha value is -12.9. The predicted molar refractivity (Wildman–Crippen MR) is 456 cm³/mol. The van der Waals surface area contributed by atoms with E-state index in [-0.39, 0.29) is 77.9 Å². The first-order valence-electron chi connectivity index (χ1n) is 36.4. The summed E-state index contributed by atoms with van der Waals surface area (Å²) in [4.78, 5) is 0. The molecule has 0 saturated carbocycles. The van der Waals surface area contributed by atoms with Crippen LogP contribution in [-0.4, -0.2) is 40.9 Å². The van der Waals surface area contributed by atoms with Gasteiger partial charge in [0, 0.05) is 68.2 Å². The summed E-state index contributed by atoms with van der Waals surface area (Å²) >= 11 is 27.8. The normalized spacial score (nSPS) is 11.3. The van der Waals surface area contributed by atoms with Gasteiger partial charge >= 0.3 is 0 Å². The van der Waals surface area contributed by atoms with Crippen molar-refractivity contribution < 1.29 is 40.9 Å². The fourth-order valence-electron chi connectivity index (χ4n) is 15.2. The van der Waals surface area contributed by atoms with Gasteiger partial charge in [0.2, 0.25) is 0 Å². The van der Waals surface area contributed by atoms with E-state index in [1.807, 2.05) is 291 Å². The molecule has 0 aliphatic heterocycles. The second-order valence-corrected chi connectivity index (χ2v) is 29.2. The number of benzene rings is 16. The number of halogens is 4. The summed E-state index contributed by atoms with van der Waals surface area (Å²) in [5, 5.41) is 91.3. The molecule has 0 radical (unpaired) electrons. The third kappa shape index (κ3) is 15.7. The molecule has 0 aromatic heterocycles. The molecule has 0 spiro atoms. The average Bonchev–Trinajstić information content (AvgIpc) is 0.745. The minimum Gasteiger partial charge on any atom is -0.507 e. The van der Waals surface area contributed by atoms with Crippen molar-refractivity contribution in [3.8, 4) is 135 Å². The van der Waals surface area contributed by atoms with Gasteiger partial charge in [-0.25, -0.2) is 0 Å². The van der Waals surface area contributed by atoms with Crippen LogP contribution in [0.1, 0.15) is 68.2 Å². The van der Waals surface area contributed by atoms with Gasteiger partial charge < -0.3 is 40.9 Å². The molecule has 112 heavy (non-hydrogen) atoms. The van der Waals surface area contributed by atoms with E-state index in [0.717, 1.165) is 66.8 Å². The van der Waals surface area contributed by atoms with Crippen LogP contribution in [0, 0.1) is 0 Å². The molecule has 16 rings (SSSR count). The Morgan fingerprint density at radius 2 is 0.295 bits per heavy atom. The van der Waals surface area contributed by atoms with Crippen molar-refractivity contribution in [1.29, 1.82) is 0 Å². The van der Waals surface area contributed by atoms with E-state index < -0.39 is 11.8 Å². The molecule has 0 bridgehead atoms. The van der Waals surface area contributed by atoms with Crippen LogP contribution in [0.25, 0.3) is 89.0 Å². The molecule has 0 aliphatic rings. The van der Waals surface area contributed by atoms with Crippen molar-refractivity contribution >= 4 is 46.4 Å². The lowest BCUT2D eigenvalue weighted by Gasteiger charge is -2.32. The van der Waals surface area contributed by atoms with Crippen molar-refractivity contribution in [2.24, 2.45) is 0 Å². The Bertz CT molecular complexity index is 5300. The number of phenolic OH excluding ortho intramolecular Hbond substituents is 8. The smallest absolute Gasteiger partial charge is 0.142 e. The Morgan fingerprint density at radius 1 is 0.152 bits per heavy atom. The van der Waals surface area contributed by atoms with Crippen LogP contribution in [0.3, 0.4) is 0 Å². The van der Waals surface area contributed by atoms with E-state index in [1.165, 1.54) is 0 Å². The lowest BCUT2D eigenvalue weighted by Crippen LogP contribution is -2.16. The molecular formula is C100H72Cl4O8. The zero-order valence-electron chi connectivity index (χ0n) is 60.0. The molecule has 0 saturated heterocycles. The molecule has 0 unspecified atom stereocenters. The van der Waals surface area contributed by atoms with E-state index in [9.17, 15) is 40.9 Å². The molecule has 0 atom stereocenters. The molecule has 0 fully saturated rings. The first-order valence-corrected chi connectivity index (χ1v) is 37.9. The van der Waals surface area contributed by atoms with Crippen LogP contribution in [0.2, 0.25) is 20.1 Å². The van der Waals surface area contributed by atoms with Crippen molar-refractivity contribution in [3.63, 3.8) is 0 Å². The van der Waals surface area contributed by atoms with Gasteiger partial charge in [0.25, 0.3) is 0 Å². The molecule has 8 nitrogen and oxygen atoms in total. The first kappa shape index (κ1) is 74.5. The lowest BCUT2D eigenvalue weighted by molar-refractivity contribution is 0.475. The monoisotopic (exact) mass is 1540 g/mol. The second kappa shape index (κ2) is 33.1. The van der Waals surface area contributed by atoms with Gasteiger partial charge in [-0.3, -0.25) is 0 Å². The standard InChI is InChI=1S/C50H34Cl4O4.C50H38O4/c51-41-25-33(21-37(47(41)55)29-13-5-1-6-14-29)45(34-22-38(48(56)42(52)26-34)30-15-7-2-8-16-30)46(35-23-39(49(57)43(53)27-35)31-17-9-3-10-18-31)36-24-40(50(58)44(54)28-36)32-19-11-4-12-20-32;51-45-25-21-37(29-41(45)33-13-5-1-6-14-33)49(38-22-26-46(52)42(30-38)34-15-7-2-8-16-34)50(39-23-27-47(53)43(31-39)35-17-9-3-10-18-35)40-24-28-48(54)44(32-40)36-19-11-4-12-20-36/h1-28,45-46,55-58H;1-32,49-54H. The van der Waals surface area contributed by atoms with Gasteiger partial charge in [-0.1, -0.05) is 313 Å². The van der Waals surface area contributed by atoms with E-state index >= 15 is 0 Å². The summed E-state index contributed by atoms with van der Waals surface area (Å²) in [5.74, 6) is -1.79. The minimum atomic E-state index is -0.686. The highest BCUT2D eigenvalue weighted by Crippen LogP contribution is 2.55. The largest absolute Gasteiger partial charge is 0.507 e. The van der Waals surface area contributed by atoms with E-state index in [0.29, 0.717) is 66.8 Å². The van der Waals surface area contributed by atoms with Crippen molar-refractivity contribution in [3.05, 3.63) is 429 Å². The zero-order chi connectivity index (χ0) is 77.5. The Balaban J connectivity index is 0.000000178. The van der Waals surface area contributed by atoms with Gasteiger partial charge in [-0.15, -0.1) is 0 Å². The van der Waals surface area contributed by atoms with E-state index in [1.54, 1.807) is 48.5 Å². The Kier molecular flexibility index (Phi) is 22.0. The second-order valence-electron chi connectivity index (χ2n) is 27.5. The van der Waals surface area contributed by atoms with Crippen LogP contribution in [0.4, 0.5) is 0 Å². The number of phenols is 8. The molecule has 0 aliphatic carbocycles. The molecular weight excluding hydrogens is 1470 g/mol. The lowest BCUT2D eigenvalue weighted by atomic mass is 9.72. The molecule has 12 heteroatoms. The van der Waals surface area contributed by atoms with Gasteiger partial charge in [0.15, 0.2) is 0 Å². The maximum absolute atomic E-state index is 11.5. The maximum Gasteiger partial charge on any atom is 0.142 e. The topological polar surface area (TPSA) is 162 Å². The van der Waals surface area contributed by atoms with Crippen LogP contribution in [-0.2, 0) is 0 Å². The summed E-state index contributed by atoms with van der Waals surface area (Å²) in [6.07, 6.45) is 0. The summed E-state index contributed by atoms with van der Waals surface area (Å²) in [5.41, 5.74) is 17.8. The fourth-order valence-corrected chi connectivity index (χ4v) is 16.2. The van der Waals surface area contributed by atoms with Crippen LogP contribution >= 0.6 is 46.4 Å². The number of hydrogen-bond donors (Lipinski definition) is 8. The molecule has 8 N–H and O–H groups in total.